The Kier molecular flexibility index (Phi) is 9.99. The summed E-state index contributed by atoms with van der Waals surface area (Å²) in [7, 11) is 1.50. The van der Waals surface area contributed by atoms with E-state index in [0.717, 1.165) is 4.90 Å². The summed E-state index contributed by atoms with van der Waals surface area (Å²) in [5.41, 5.74) is 3.87. The summed E-state index contributed by atoms with van der Waals surface area (Å²) >= 11 is 10.5. The number of pyridine rings is 1. The molecular formula is C24H19BrClN5O5S. The lowest BCUT2D eigenvalue weighted by atomic mass is 10.1. The Balaban J connectivity index is 1.65. The zero-order valence-corrected chi connectivity index (χ0v) is 22.7. The fraction of sp³-hybridized carbons (Fsp3) is 0.167. The summed E-state index contributed by atoms with van der Waals surface area (Å²) in [6, 6.07) is 13.6. The lowest BCUT2D eigenvalue weighted by molar-refractivity contribution is -0.387. The zero-order valence-electron chi connectivity index (χ0n) is 19.5. The molecule has 1 amide bonds. The topological polar surface area (TPSA) is 140 Å². The van der Waals surface area contributed by atoms with Gasteiger partial charge < -0.3 is 9.47 Å². The molecule has 0 spiro atoms. The number of amides is 1. The van der Waals surface area contributed by atoms with Crippen molar-refractivity contribution in [2.24, 2.45) is 5.10 Å². The van der Waals surface area contributed by atoms with E-state index in [0.29, 0.717) is 31.2 Å². The van der Waals surface area contributed by atoms with Crippen LogP contribution in [0.5, 0.6) is 5.88 Å². The standard InChI is InChI=1S/C24H19BrClN5O5S/c1-14-23(25)19(12-35-2)18(10-27)24(29-14)36-13-22(32)30-28-11-15-3-8-21(20(9-15)31(33)34)37-17-6-4-16(26)5-7-17/h3-9,11H,12-13H2,1-2H3,(H,30,32)/b28-11+. The lowest BCUT2D eigenvalue weighted by Crippen LogP contribution is -2.25. The van der Waals surface area contributed by atoms with Crippen molar-refractivity contribution in [3.63, 3.8) is 0 Å². The molecule has 0 saturated heterocycles. The van der Waals surface area contributed by atoms with Gasteiger partial charge in [-0.1, -0.05) is 29.4 Å². The van der Waals surface area contributed by atoms with Crippen LogP contribution >= 0.6 is 39.3 Å². The molecule has 0 unspecified atom stereocenters. The Labute approximate surface area is 229 Å². The van der Waals surface area contributed by atoms with Gasteiger partial charge in [-0.05, 0) is 53.2 Å². The van der Waals surface area contributed by atoms with E-state index in [-0.39, 0.29) is 23.7 Å². The number of nitrogens with one attached hydrogen (secondary N) is 1. The second-order valence-electron chi connectivity index (χ2n) is 7.34. The third-order valence-corrected chi connectivity index (χ3v) is 7.11. The van der Waals surface area contributed by atoms with Crippen LogP contribution in [0.4, 0.5) is 5.69 Å². The van der Waals surface area contributed by atoms with Crippen molar-refractivity contribution in [1.82, 2.24) is 10.4 Å². The summed E-state index contributed by atoms with van der Waals surface area (Å²) in [6.07, 6.45) is 1.28. The average molecular weight is 605 g/mol. The molecular weight excluding hydrogens is 586 g/mol. The molecule has 0 saturated carbocycles. The van der Waals surface area contributed by atoms with Crippen LogP contribution in [0.2, 0.25) is 5.02 Å². The first-order valence-corrected chi connectivity index (χ1v) is 12.5. The molecule has 10 nitrogen and oxygen atoms in total. The highest BCUT2D eigenvalue weighted by atomic mass is 79.9. The molecule has 0 aliphatic rings. The summed E-state index contributed by atoms with van der Waals surface area (Å²) in [6.45, 7) is 1.42. The zero-order chi connectivity index (χ0) is 26.9. The SMILES string of the molecule is COCc1c(Br)c(C)nc(OCC(=O)N/N=C/c2ccc(Sc3ccc(Cl)cc3)c([N+](=O)[O-])c2)c1C#N. The van der Waals surface area contributed by atoms with Crippen molar-refractivity contribution in [3.05, 3.63) is 84.5 Å². The maximum absolute atomic E-state index is 12.2. The van der Waals surface area contributed by atoms with Gasteiger partial charge in [0, 0.05) is 38.7 Å². The van der Waals surface area contributed by atoms with Crippen LogP contribution in [0, 0.1) is 28.4 Å². The first-order valence-electron chi connectivity index (χ1n) is 10.5. The number of hydrogen-bond donors (Lipinski definition) is 1. The Hall–Kier alpha value is -3.50. The monoisotopic (exact) mass is 603 g/mol. The van der Waals surface area contributed by atoms with E-state index in [4.69, 9.17) is 21.1 Å². The smallest absolute Gasteiger partial charge is 0.283 e. The number of hydrogen-bond acceptors (Lipinski definition) is 9. The molecule has 0 aliphatic carbocycles. The van der Waals surface area contributed by atoms with E-state index >= 15 is 0 Å². The number of halogens is 2. The van der Waals surface area contributed by atoms with Gasteiger partial charge in [0.2, 0.25) is 5.88 Å². The van der Waals surface area contributed by atoms with Gasteiger partial charge in [-0.2, -0.15) is 10.4 Å². The highest BCUT2D eigenvalue weighted by molar-refractivity contribution is 9.10. The number of nitro groups is 1. The molecule has 2 aromatic carbocycles. The Morgan fingerprint density at radius 2 is 2.08 bits per heavy atom. The van der Waals surface area contributed by atoms with Gasteiger partial charge in [0.05, 0.1) is 28.3 Å². The minimum absolute atomic E-state index is 0.00113. The van der Waals surface area contributed by atoms with Crippen LogP contribution in [-0.4, -0.2) is 35.7 Å². The molecule has 0 fully saturated rings. The van der Waals surface area contributed by atoms with Crippen LogP contribution in [0.1, 0.15) is 22.4 Å². The quantitative estimate of drug-likeness (QED) is 0.184. The fourth-order valence-corrected chi connectivity index (χ4v) is 4.46. The number of hydrazone groups is 1. The van der Waals surface area contributed by atoms with Crippen molar-refractivity contribution in [3.8, 4) is 11.9 Å². The molecule has 1 aromatic heterocycles. The number of benzene rings is 2. The first-order chi connectivity index (χ1) is 17.7. The van der Waals surface area contributed by atoms with Gasteiger partial charge in [-0.3, -0.25) is 14.9 Å². The molecule has 0 radical (unpaired) electrons. The van der Waals surface area contributed by atoms with Crippen LogP contribution in [-0.2, 0) is 16.1 Å². The number of aromatic nitrogens is 1. The second kappa shape index (κ2) is 13.2. The van der Waals surface area contributed by atoms with E-state index in [1.807, 2.05) is 6.07 Å². The summed E-state index contributed by atoms with van der Waals surface area (Å²) in [4.78, 5) is 28.8. The molecule has 37 heavy (non-hydrogen) atoms. The number of nitro benzene ring substituents is 1. The average Bonchev–Trinajstić information content (AvgIpc) is 2.87. The summed E-state index contributed by atoms with van der Waals surface area (Å²) in [5.74, 6) is -0.612. The van der Waals surface area contributed by atoms with Crippen molar-refractivity contribution in [2.45, 2.75) is 23.3 Å². The minimum Gasteiger partial charge on any atom is -0.467 e. The third kappa shape index (κ3) is 7.50. The molecule has 3 rings (SSSR count). The lowest BCUT2D eigenvalue weighted by Gasteiger charge is -2.13. The van der Waals surface area contributed by atoms with Crippen molar-refractivity contribution in [1.29, 1.82) is 5.26 Å². The highest BCUT2D eigenvalue weighted by Gasteiger charge is 2.19. The van der Waals surface area contributed by atoms with Crippen LogP contribution in [0.25, 0.3) is 0 Å². The van der Waals surface area contributed by atoms with Gasteiger partial charge in [0.15, 0.2) is 6.61 Å². The predicted molar refractivity (Wildman–Crippen MR) is 142 cm³/mol. The molecule has 190 valence electrons. The van der Waals surface area contributed by atoms with Crippen molar-refractivity contribution >= 4 is 57.1 Å². The van der Waals surface area contributed by atoms with E-state index in [1.54, 1.807) is 43.3 Å². The molecule has 13 heteroatoms. The normalized spacial score (nSPS) is 10.8. The number of rotatable bonds is 10. The number of ether oxygens (including phenoxy) is 2. The molecule has 0 atom stereocenters. The Morgan fingerprint density at radius 1 is 1.35 bits per heavy atom. The van der Waals surface area contributed by atoms with Crippen LogP contribution < -0.4 is 10.2 Å². The molecule has 3 aromatic rings. The van der Waals surface area contributed by atoms with Crippen molar-refractivity contribution < 1.29 is 19.2 Å². The highest BCUT2D eigenvalue weighted by Crippen LogP contribution is 2.35. The fourth-order valence-electron chi connectivity index (χ4n) is 3.03. The third-order valence-electron chi connectivity index (χ3n) is 4.73. The second-order valence-corrected chi connectivity index (χ2v) is 9.68. The van der Waals surface area contributed by atoms with Crippen LogP contribution in [0.15, 0.2) is 61.8 Å². The van der Waals surface area contributed by atoms with E-state index in [2.05, 4.69) is 31.4 Å². The summed E-state index contributed by atoms with van der Waals surface area (Å²) in [5, 5.41) is 25.5. The molecule has 0 bridgehead atoms. The number of carbonyl (C=O) groups is 1. The molecule has 1 heterocycles. The maximum atomic E-state index is 12.2. The number of aryl methyl sites for hydroxylation is 1. The first kappa shape index (κ1) is 28.1. The Bertz CT molecular complexity index is 1400. The number of carbonyl (C=O) groups excluding carboxylic acids is 1. The minimum atomic E-state index is -0.611. The Morgan fingerprint density at radius 3 is 2.73 bits per heavy atom. The molecule has 1 N–H and O–H groups in total. The van der Waals surface area contributed by atoms with Gasteiger partial charge in [0.1, 0.15) is 11.6 Å². The number of nitrogens with zero attached hydrogens (tertiary/aromatic N) is 4. The van der Waals surface area contributed by atoms with E-state index < -0.39 is 17.4 Å². The number of nitriles is 1. The van der Waals surface area contributed by atoms with Crippen molar-refractivity contribution in [2.75, 3.05) is 13.7 Å². The maximum Gasteiger partial charge on any atom is 0.283 e. The van der Waals surface area contributed by atoms with Gasteiger partial charge in [-0.25, -0.2) is 10.4 Å². The van der Waals surface area contributed by atoms with Gasteiger partial charge >= 0.3 is 0 Å². The van der Waals surface area contributed by atoms with E-state index in [9.17, 15) is 20.2 Å². The molecule has 0 aliphatic heterocycles. The van der Waals surface area contributed by atoms with E-state index in [1.165, 1.54) is 31.2 Å². The van der Waals surface area contributed by atoms with Gasteiger partial charge in [-0.15, -0.1) is 0 Å². The number of methoxy groups -OCH3 is 1. The predicted octanol–water partition coefficient (Wildman–Crippen LogP) is 5.41. The largest absolute Gasteiger partial charge is 0.467 e. The van der Waals surface area contributed by atoms with Crippen LogP contribution in [0.3, 0.4) is 0 Å². The van der Waals surface area contributed by atoms with Gasteiger partial charge in [0.25, 0.3) is 11.6 Å². The summed E-state index contributed by atoms with van der Waals surface area (Å²) < 4.78 is 11.2.